The second-order valence-corrected chi connectivity index (χ2v) is 20.4. The molecule has 368 valence electrons. The first-order valence-electron chi connectivity index (χ1n) is 24.4. The smallest absolute Gasteiger partial charge is 0.329 e. The number of likely N-dealkylation sites (N-methyl/N-ethyl adjacent to an activating group) is 1. The second kappa shape index (κ2) is 18.6. The lowest BCUT2D eigenvalue weighted by molar-refractivity contribution is -0.139. The molecule has 70 heavy (non-hydrogen) atoms. The number of nitrogens with one attached hydrogen (secondary N) is 2. The number of aromatic nitrogens is 2. The summed E-state index contributed by atoms with van der Waals surface area (Å²) in [6, 6.07) is 19.5. The zero-order valence-corrected chi connectivity index (χ0v) is 40.7. The summed E-state index contributed by atoms with van der Waals surface area (Å²) in [5.41, 5.74) is 7.58. The maximum absolute atomic E-state index is 16.3. The molecule has 4 aromatic carbocycles. The minimum atomic E-state index is -1.08. The van der Waals surface area contributed by atoms with E-state index in [0.717, 1.165) is 87.5 Å². The standard InChI is InChI=1S/C53H59ClF2N8O6/c1-30-43-41(27-38(55)46(54)45(43)44-37(48(57)66)16-17-40(69-4)47(44)56)70-53(30,34-8-6-5-7-9-34)28-58-35-13-10-32(11-14-35)50(67)61(2)52(21-22-52)29-63-23-18-31(19-24-63)33-12-15-36-39(26-33)62(3)60-49(36)64-25-20-42(65)59-51(64)68/h5-9,12,15-17,26-27,30-32,35,58H,10-11,13-14,18-25,28-29H2,1-4H3,(H2,57,66)(H,59,65,68). The van der Waals surface area contributed by atoms with Gasteiger partial charge in [0.25, 0.3) is 0 Å². The number of methoxy groups -OCH3 is 1. The van der Waals surface area contributed by atoms with Gasteiger partial charge in [-0.2, -0.15) is 5.10 Å². The van der Waals surface area contributed by atoms with Gasteiger partial charge in [0.05, 0.1) is 28.8 Å². The fourth-order valence-corrected chi connectivity index (χ4v) is 12.0. The normalized spacial score (nSPS) is 23.5. The number of likely N-dealkylation sites (tertiary alicyclic amines) is 1. The predicted molar refractivity (Wildman–Crippen MR) is 262 cm³/mol. The number of carbonyl (C=O) groups excluding carboxylic acids is 4. The molecular formula is C53H59ClF2N8O6. The number of ether oxygens (including phenoxy) is 2. The Bertz CT molecular complexity index is 2900. The highest BCUT2D eigenvalue weighted by Crippen LogP contribution is 2.57. The van der Waals surface area contributed by atoms with Crippen LogP contribution >= 0.6 is 11.6 Å². The SMILES string of the molecule is COc1ccc(C(N)=O)c(-c2c(Cl)c(F)cc3c2C(C)C(CNC2CCC(C(=O)N(C)C4(CN5CCC(c6ccc7c(N8CCC(=O)NC8=O)nn(C)c7c6)CC5)CC4)CC2)(c2ccccc2)O3)c1F. The van der Waals surface area contributed by atoms with Crippen LogP contribution in [0, 0.1) is 17.6 Å². The van der Waals surface area contributed by atoms with Gasteiger partial charge < -0.3 is 30.3 Å². The molecule has 3 aliphatic heterocycles. The van der Waals surface area contributed by atoms with E-state index in [-0.39, 0.29) is 68.9 Å². The Kier molecular flexibility index (Phi) is 12.6. The number of halogens is 3. The van der Waals surface area contributed by atoms with Crippen molar-refractivity contribution in [2.45, 2.75) is 93.7 Å². The first-order chi connectivity index (χ1) is 33.6. The highest BCUT2D eigenvalue weighted by atomic mass is 35.5. The zero-order chi connectivity index (χ0) is 49.2. The third-order valence-electron chi connectivity index (χ3n) is 16.1. The summed E-state index contributed by atoms with van der Waals surface area (Å²) in [7, 11) is 5.17. The molecule has 5 amide bonds. The number of hydrogen-bond donors (Lipinski definition) is 3. The minimum absolute atomic E-state index is 0.00411. The van der Waals surface area contributed by atoms with E-state index in [9.17, 15) is 19.2 Å². The molecule has 0 bridgehead atoms. The lowest BCUT2D eigenvalue weighted by Gasteiger charge is -2.40. The molecule has 4 heterocycles. The minimum Gasteiger partial charge on any atom is -0.494 e. The maximum atomic E-state index is 16.3. The van der Waals surface area contributed by atoms with E-state index >= 15 is 8.78 Å². The van der Waals surface area contributed by atoms with Gasteiger partial charge in [-0.25, -0.2) is 13.6 Å². The Morgan fingerprint density at radius 1 is 0.986 bits per heavy atom. The molecule has 2 unspecified atom stereocenters. The fraction of sp³-hybridized carbons (Fsp3) is 0.453. The lowest BCUT2D eigenvalue weighted by atomic mass is 9.77. The van der Waals surface area contributed by atoms with Gasteiger partial charge in [-0.1, -0.05) is 54.9 Å². The van der Waals surface area contributed by atoms with Crippen molar-refractivity contribution in [1.29, 1.82) is 0 Å². The van der Waals surface area contributed by atoms with E-state index in [1.807, 2.05) is 62.1 Å². The molecule has 4 fully saturated rings. The van der Waals surface area contributed by atoms with Crippen molar-refractivity contribution in [3.8, 4) is 22.6 Å². The Labute approximate surface area is 410 Å². The van der Waals surface area contributed by atoms with Crippen LogP contribution in [0.1, 0.15) is 104 Å². The van der Waals surface area contributed by atoms with Gasteiger partial charge in [0, 0.05) is 86.2 Å². The van der Waals surface area contributed by atoms with Gasteiger partial charge in [0.15, 0.2) is 23.0 Å². The van der Waals surface area contributed by atoms with Crippen LogP contribution in [0.4, 0.5) is 19.4 Å². The molecule has 0 spiro atoms. The van der Waals surface area contributed by atoms with Crippen LogP contribution in [0.25, 0.3) is 22.0 Å². The number of hydrogen-bond acceptors (Lipinski definition) is 9. The summed E-state index contributed by atoms with van der Waals surface area (Å²) in [4.78, 5) is 57.4. The van der Waals surface area contributed by atoms with Gasteiger partial charge in [0.1, 0.15) is 11.6 Å². The van der Waals surface area contributed by atoms with Crippen LogP contribution < -0.4 is 30.7 Å². The fourth-order valence-electron chi connectivity index (χ4n) is 11.8. The predicted octanol–water partition coefficient (Wildman–Crippen LogP) is 8.14. The summed E-state index contributed by atoms with van der Waals surface area (Å²) in [6.45, 7) is 5.29. The molecule has 17 heteroatoms. The highest BCUT2D eigenvalue weighted by Gasteiger charge is 2.52. The number of carbonyl (C=O) groups is 4. The number of rotatable bonds is 13. The average Bonchev–Trinajstić information content (AvgIpc) is 4.00. The summed E-state index contributed by atoms with van der Waals surface area (Å²) in [6.07, 6.45) is 7.25. The van der Waals surface area contributed by atoms with Crippen LogP contribution in [0.15, 0.2) is 66.7 Å². The van der Waals surface area contributed by atoms with Crippen molar-refractivity contribution < 1.29 is 37.4 Å². The quantitative estimate of drug-likeness (QED) is 0.106. The van der Waals surface area contributed by atoms with Crippen molar-refractivity contribution in [3.05, 3.63) is 106 Å². The monoisotopic (exact) mass is 976 g/mol. The Hall–Kier alpha value is -6.10. The molecule has 5 aromatic rings. The van der Waals surface area contributed by atoms with Crippen molar-refractivity contribution in [3.63, 3.8) is 0 Å². The number of anilines is 1. The number of piperidine rings is 1. The Morgan fingerprint density at radius 2 is 1.71 bits per heavy atom. The summed E-state index contributed by atoms with van der Waals surface area (Å²) < 4.78 is 46.0. The largest absolute Gasteiger partial charge is 0.494 e. The van der Waals surface area contributed by atoms with Crippen LogP contribution in [0.2, 0.25) is 5.02 Å². The molecule has 10 rings (SSSR count). The zero-order valence-electron chi connectivity index (χ0n) is 40.0. The van der Waals surface area contributed by atoms with E-state index in [2.05, 4.69) is 37.7 Å². The van der Waals surface area contributed by atoms with E-state index < -0.39 is 35.1 Å². The van der Waals surface area contributed by atoms with Crippen molar-refractivity contribution >= 4 is 52.1 Å². The molecule has 14 nitrogen and oxygen atoms in total. The number of aryl methyl sites for hydroxylation is 1. The van der Waals surface area contributed by atoms with E-state index in [0.29, 0.717) is 30.4 Å². The number of urea groups is 1. The van der Waals surface area contributed by atoms with E-state index in [1.54, 1.807) is 0 Å². The van der Waals surface area contributed by atoms with E-state index in [1.165, 1.54) is 35.8 Å². The number of nitrogens with two attached hydrogens (primary N) is 1. The number of primary amides is 1. The molecule has 2 saturated heterocycles. The molecule has 5 aliphatic rings. The Morgan fingerprint density at radius 3 is 2.39 bits per heavy atom. The van der Waals surface area contributed by atoms with Crippen LogP contribution in [0.5, 0.6) is 11.5 Å². The second-order valence-electron chi connectivity index (χ2n) is 20.0. The number of benzene rings is 4. The van der Waals surface area contributed by atoms with E-state index in [4.69, 9.17) is 26.8 Å². The average molecular weight is 978 g/mol. The van der Waals surface area contributed by atoms with Crippen molar-refractivity contribution in [2.24, 2.45) is 18.7 Å². The van der Waals surface area contributed by atoms with Crippen LogP contribution in [-0.2, 0) is 22.2 Å². The topological polar surface area (TPSA) is 164 Å². The van der Waals surface area contributed by atoms with Crippen molar-refractivity contribution in [1.82, 2.24) is 30.2 Å². The maximum Gasteiger partial charge on any atom is 0.329 e. The highest BCUT2D eigenvalue weighted by molar-refractivity contribution is 6.34. The number of imide groups is 1. The molecule has 0 radical (unpaired) electrons. The van der Waals surface area contributed by atoms with Gasteiger partial charge in [-0.3, -0.25) is 29.3 Å². The summed E-state index contributed by atoms with van der Waals surface area (Å²) in [5, 5.41) is 11.3. The van der Waals surface area contributed by atoms with Gasteiger partial charge in [0.2, 0.25) is 17.7 Å². The number of fused-ring (bicyclic) bond motifs is 2. The van der Waals surface area contributed by atoms with Gasteiger partial charge in [-0.05, 0) is 106 Å². The Balaban J connectivity index is 0.773. The molecule has 2 aliphatic carbocycles. The van der Waals surface area contributed by atoms with Gasteiger partial charge >= 0.3 is 6.03 Å². The molecule has 2 saturated carbocycles. The van der Waals surface area contributed by atoms with Gasteiger partial charge in [-0.15, -0.1) is 0 Å². The third kappa shape index (κ3) is 8.34. The molecule has 4 N–H and O–H groups in total. The lowest BCUT2D eigenvalue weighted by Crippen LogP contribution is -2.51. The summed E-state index contributed by atoms with van der Waals surface area (Å²) in [5.74, 6) is -2.31. The third-order valence-corrected chi connectivity index (χ3v) is 16.5. The molecular weight excluding hydrogens is 918 g/mol. The van der Waals surface area contributed by atoms with Crippen molar-refractivity contribution in [2.75, 3.05) is 51.8 Å². The first-order valence-corrected chi connectivity index (χ1v) is 24.7. The number of nitrogens with zero attached hydrogens (tertiary/aromatic N) is 5. The first kappa shape index (κ1) is 47.6. The summed E-state index contributed by atoms with van der Waals surface area (Å²) >= 11 is 6.71. The van der Waals surface area contributed by atoms with Crippen LogP contribution in [0.3, 0.4) is 0 Å². The molecule has 1 aromatic heterocycles. The number of amides is 5. The van der Waals surface area contributed by atoms with Crippen LogP contribution in [-0.4, -0.2) is 102 Å². The molecule has 2 atom stereocenters.